The summed E-state index contributed by atoms with van der Waals surface area (Å²) in [7, 11) is 0. The highest BCUT2D eigenvalue weighted by atomic mass is 19.1. The molecule has 5 heteroatoms. The summed E-state index contributed by atoms with van der Waals surface area (Å²) in [5.41, 5.74) is 7.82. The summed E-state index contributed by atoms with van der Waals surface area (Å²) in [5.74, 6) is -0.968. The fourth-order valence-electron chi connectivity index (χ4n) is 2.28. The van der Waals surface area contributed by atoms with Crippen LogP contribution in [0.25, 0.3) is 0 Å². The van der Waals surface area contributed by atoms with Crippen molar-refractivity contribution in [1.82, 2.24) is 0 Å². The van der Waals surface area contributed by atoms with E-state index in [1.807, 2.05) is 0 Å². The number of carbonyl (C=O) groups excluding carboxylic acids is 2. The summed E-state index contributed by atoms with van der Waals surface area (Å²) >= 11 is 0. The van der Waals surface area contributed by atoms with Crippen LogP contribution in [0.15, 0.2) is 36.4 Å². The van der Waals surface area contributed by atoms with Crippen LogP contribution >= 0.6 is 0 Å². The monoisotopic (exact) mass is 270 g/mol. The van der Waals surface area contributed by atoms with Crippen LogP contribution in [0.4, 0.5) is 15.8 Å². The molecular formula is C15H11FN2O2. The van der Waals surface area contributed by atoms with Crippen molar-refractivity contribution in [3.63, 3.8) is 0 Å². The van der Waals surface area contributed by atoms with Crippen molar-refractivity contribution in [1.29, 1.82) is 0 Å². The van der Waals surface area contributed by atoms with Crippen LogP contribution in [0, 0.1) is 5.82 Å². The van der Waals surface area contributed by atoms with E-state index >= 15 is 0 Å². The zero-order valence-corrected chi connectivity index (χ0v) is 10.4. The lowest BCUT2D eigenvalue weighted by atomic mass is 10.00. The van der Waals surface area contributed by atoms with Gasteiger partial charge in [-0.2, -0.15) is 0 Å². The van der Waals surface area contributed by atoms with Crippen LogP contribution < -0.4 is 11.1 Å². The Labute approximate surface area is 114 Å². The summed E-state index contributed by atoms with van der Waals surface area (Å²) in [6.45, 7) is 0. The van der Waals surface area contributed by atoms with Crippen LogP contribution in [0.2, 0.25) is 0 Å². The van der Waals surface area contributed by atoms with E-state index in [1.165, 1.54) is 6.07 Å². The first-order valence-corrected chi connectivity index (χ1v) is 6.06. The molecule has 2 aromatic rings. The van der Waals surface area contributed by atoms with Gasteiger partial charge in [-0.1, -0.05) is 0 Å². The van der Waals surface area contributed by atoms with Gasteiger partial charge >= 0.3 is 0 Å². The van der Waals surface area contributed by atoms with E-state index in [-0.39, 0.29) is 29.4 Å². The lowest BCUT2D eigenvalue weighted by Crippen LogP contribution is -2.03. The number of nitrogens with two attached hydrogens (primary N) is 1. The Hall–Kier alpha value is -2.69. The van der Waals surface area contributed by atoms with E-state index in [1.54, 1.807) is 18.2 Å². The molecule has 0 aromatic heterocycles. The highest BCUT2D eigenvalue weighted by Gasteiger charge is 2.20. The quantitative estimate of drug-likeness (QED) is 0.648. The molecule has 3 N–H and O–H groups in total. The van der Waals surface area contributed by atoms with Crippen molar-refractivity contribution >= 4 is 23.1 Å². The second-order valence-corrected chi connectivity index (χ2v) is 4.70. The molecule has 1 aliphatic heterocycles. The smallest absolute Gasteiger partial charge is 0.228 e. The predicted molar refractivity (Wildman–Crippen MR) is 73.0 cm³/mol. The van der Waals surface area contributed by atoms with E-state index in [9.17, 15) is 14.0 Å². The number of nitrogens with one attached hydrogen (secondary N) is 1. The normalized spacial score (nSPS) is 12.9. The van der Waals surface area contributed by atoms with Gasteiger partial charge in [0.25, 0.3) is 0 Å². The topological polar surface area (TPSA) is 72.2 Å². The van der Waals surface area contributed by atoms with Crippen molar-refractivity contribution < 1.29 is 14.0 Å². The minimum Gasteiger partial charge on any atom is -0.399 e. The number of carbonyl (C=O) groups is 2. The molecular weight excluding hydrogens is 259 g/mol. The molecule has 2 aromatic carbocycles. The lowest BCUT2D eigenvalue weighted by Gasteiger charge is -2.05. The van der Waals surface area contributed by atoms with Gasteiger partial charge in [-0.05, 0) is 42.0 Å². The second-order valence-electron chi connectivity index (χ2n) is 4.70. The first-order chi connectivity index (χ1) is 9.52. The van der Waals surface area contributed by atoms with E-state index in [2.05, 4.69) is 5.32 Å². The third-order valence-electron chi connectivity index (χ3n) is 3.17. The first-order valence-electron chi connectivity index (χ1n) is 6.06. The Balaban J connectivity index is 1.99. The van der Waals surface area contributed by atoms with E-state index in [0.717, 1.165) is 17.7 Å². The summed E-state index contributed by atoms with van der Waals surface area (Å²) in [6, 6.07) is 8.67. The fraction of sp³-hybridized carbons (Fsp3) is 0.0667. The maximum atomic E-state index is 13.3. The largest absolute Gasteiger partial charge is 0.399 e. The molecule has 0 aliphatic carbocycles. The highest BCUT2D eigenvalue weighted by Crippen LogP contribution is 2.25. The Bertz CT molecular complexity index is 720. The number of rotatable bonds is 2. The molecule has 1 heterocycles. The Morgan fingerprint density at radius 3 is 2.70 bits per heavy atom. The van der Waals surface area contributed by atoms with Gasteiger partial charge < -0.3 is 11.1 Å². The summed E-state index contributed by atoms with van der Waals surface area (Å²) in [5, 5.41) is 2.69. The average Bonchev–Trinajstić information content (AvgIpc) is 2.75. The Morgan fingerprint density at radius 2 is 1.95 bits per heavy atom. The molecule has 0 saturated heterocycles. The van der Waals surface area contributed by atoms with Gasteiger partial charge in [-0.3, -0.25) is 9.59 Å². The van der Waals surface area contributed by atoms with Crippen molar-refractivity contribution in [3.8, 4) is 0 Å². The zero-order chi connectivity index (χ0) is 14.3. The molecule has 0 bridgehead atoms. The highest BCUT2D eigenvalue weighted by molar-refractivity contribution is 6.10. The molecule has 4 nitrogen and oxygen atoms in total. The predicted octanol–water partition coefficient (Wildman–Crippen LogP) is 2.13. The average molecular weight is 270 g/mol. The number of benzene rings is 2. The van der Waals surface area contributed by atoms with Gasteiger partial charge in [0.1, 0.15) is 5.82 Å². The van der Waals surface area contributed by atoms with Crippen molar-refractivity contribution in [2.45, 2.75) is 6.42 Å². The van der Waals surface area contributed by atoms with Gasteiger partial charge in [0.05, 0.1) is 6.42 Å². The number of anilines is 2. The Morgan fingerprint density at radius 1 is 1.15 bits per heavy atom. The minimum absolute atomic E-state index is 0.0976. The van der Waals surface area contributed by atoms with Gasteiger partial charge in [0.2, 0.25) is 5.91 Å². The maximum absolute atomic E-state index is 13.3. The lowest BCUT2D eigenvalue weighted by molar-refractivity contribution is -0.115. The number of hydrogen-bond acceptors (Lipinski definition) is 3. The molecule has 0 fully saturated rings. The van der Waals surface area contributed by atoms with Gasteiger partial charge in [0, 0.05) is 22.5 Å². The van der Waals surface area contributed by atoms with E-state index in [4.69, 9.17) is 5.73 Å². The van der Waals surface area contributed by atoms with E-state index in [0.29, 0.717) is 11.3 Å². The number of nitrogen functional groups attached to an aromatic ring is 1. The summed E-state index contributed by atoms with van der Waals surface area (Å²) < 4.78 is 13.3. The third kappa shape index (κ3) is 2.14. The van der Waals surface area contributed by atoms with Gasteiger partial charge in [-0.25, -0.2) is 4.39 Å². The van der Waals surface area contributed by atoms with Crippen LogP contribution in [0.3, 0.4) is 0 Å². The van der Waals surface area contributed by atoms with Crippen LogP contribution in [-0.4, -0.2) is 11.7 Å². The molecule has 0 atom stereocenters. The third-order valence-corrected chi connectivity index (χ3v) is 3.17. The number of hydrogen-bond donors (Lipinski definition) is 2. The summed E-state index contributed by atoms with van der Waals surface area (Å²) in [4.78, 5) is 23.6. The number of ketones is 1. The molecule has 0 radical (unpaired) electrons. The maximum Gasteiger partial charge on any atom is 0.228 e. The minimum atomic E-state index is -0.550. The second kappa shape index (κ2) is 4.45. The van der Waals surface area contributed by atoms with Gasteiger partial charge in [0.15, 0.2) is 5.78 Å². The van der Waals surface area contributed by atoms with Crippen molar-refractivity contribution in [2.75, 3.05) is 11.1 Å². The first kappa shape index (κ1) is 12.3. The number of amides is 1. The molecule has 1 amide bonds. The standard InChI is InChI=1S/C15H11FN2O2/c16-11-4-10(5-12(17)7-11)15(20)8-1-2-13-9(3-8)6-14(19)18-13/h1-5,7H,6,17H2,(H,18,19). The molecule has 20 heavy (non-hydrogen) atoms. The SMILES string of the molecule is Nc1cc(F)cc(C(=O)c2ccc3c(c2)CC(=O)N3)c1. The van der Waals surface area contributed by atoms with Gasteiger partial charge in [-0.15, -0.1) is 0 Å². The van der Waals surface area contributed by atoms with Crippen LogP contribution in [0.1, 0.15) is 21.5 Å². The van der Waals surface area contributed by atoms with Crippen molar-refractivity contribution in [3.05, 3.63) is 58.9 Å². The molecule has 100 valence electrons. The van der Waals surface area contributed by atoms with Crippen LogP contribution in [-0.2, 0) is 11.2 Å². The molecule has 0 unspecified atom stereocenters. The Kier molecular flexibility index (Phi) is 2.75. The molecule has 1 aliphatic rings. The fourth-order valence-corrected chi connectivity index (χ4v) is 2.28. The number of halogens is 1. The van der Waals surface area contributed by atoms with Crippen LogP contribution in [0.5, 0.6) is 0 Å². The molecule has 3 rings (SSSR count). The van der Waals surface area contributed by atoms with E-state index < -0.39 is 5.82 Å². The molecule has 0 saturated carbocycles. The van der Waals surface area contributed by atoms with Crippen molar-refractivity contribution in [2.24, 2.45) is 0 Å². The number of fused-ring (bicyclic) bond motifs is 1. The molecule has 0 spiro atoms. The summed E-state index contributed by atoms with van der Waals surface area (Å²) in [6.07, 6.45) is 0.252. The zero-order valence-electron chi connectivity index (χ0n) is 10.4.